The second-order valence-electron chi connectivity index (χ2n) is 4.91. The van der Waals surface area contributed by atoms with E-state index in [1.807, 2.05) is 11.0 Å². The zero-order valence-electron chi connectivity index (χ0n) is 10.6. The number of amides is 1. The second-order valence-corrected chi connectivity index (χ2v) is 5.80. The van der Waals surface area contributed by atoms with Crippen LogP contribution in [0.5, 0.6) is 0 Å². The van der Waals surface area contributed by atoms with Crippen LogP contribution in [0.2, 0.25) is 0 Å². The van der Waals surface area contributed by atoms with Gasteiger partial charge in [-0.1, -0.05) is 0 Å². The van der Waals surface area contributed by atoms with E-state index in [4.69, 9.17) is 0 Å². The Morgan fingerprint density at radius 3 is 3.26 bits per heavy atom. The van der Waals surface area contributed by atoms with Crippen molar-refractivity contribution in [3.8, 4) is 0 Å². The summed E-state index contributed by atoms with van der Waals surface area (Å²) in [6, 6.07) is 2.00. The Morgan fingerprint density at radius 1 is 1.58 bits per heavy atom. The molecule has 1 aliphatic heterocycles. The molecule has 0 radical (unpaired) electrons. The molecule has 100 valence electrons. The van der Waals surface area contributed by atoms with Crippen LogP contribution < -0.4 is 0 Å². The second kappa shape index (κ2) is 5.52. The molecule has 2 aromatic rings. The number of aromatic amines is 1. The van der Waals surface area contributed by atoms with Crippen LogP contribution in [0.3, 0.4) is 0 Å². The summed E-state index contributed by atoms with van der Waals surface area (Å²) in [5.41, 5.74) is 2.86. The van der Waals surface area contributed by atoms with E-state index in [1.165, 1.54) is 17.8 Å². The monoisotopic (exact) mass is 276 g/mol. The first kappa shape index (κ1) is 12.3. The van der Waals surface area contributed by atoms with Gasteiger partial charge >= 0.3 is 0 Å². The lowest BCUT2D eigenvalue weighted by atomic mass is 9.93. The van der Waals surface area contributed by atoms with Crippen LogP contribution in [0.4, 0.5) is 0 Å². The number of carbonyl (C=O) groups is 1. The number of rotatable bonds is 3. The Kier molecular flexibility index (Phi) is 3.59. The molecule has 1 fully saturated rings. The van der Waals surface area contributed by atoms with Crippen molar-refractivity contribution >= 4 is 17.2 Å². The summed E-state index contributed by atoms with van der Waals surface area (Å²) in [7, 11) is 0. The maximum absolute atomic E-state index is 12.3. The van der Waals surface area contributed by atoms with E-state index in [0.29, 0.717) is 5.92 Å². The zero-order valence-corrected chi connectivity index (χ0v) is 11.4. The number of H-pyrrole nitrogens is 1. The van der Waals surface area contributed by atoms with E-state index in [9.17, 15) is 4.79 Å². The largest absolute Gasteiger partial charge is 0.338 e. The molecule has 1 atom stereocenters. The van der Waals surface area contributed by atoms with Crippen molar-refractivity contribution in [3.63, 3.8) is 0 Å². The fourth-order valence-corrected chi connectivity index (χ4v) is 3.19. The molecular formula is C13H16N4OS. The van der Waals surface area contributed by atoms with Crippen LogP contribution in [0.15, 0.2) is 24.0 Å². The Balaban J connectivity index is 1.63. The molecule has 0 bridgehead atoms. The first-order chi connectivity index (χ1) is 9.33. The molecular weight excluding hydrogens is 260 g/mol. The Bertz CT molecular complexity index is 523. The van der Waals surface area contributed by atoms with E-state index in [1.54, 1.807) is 17.9 Å². The lowest BCUT2D eigenvalue weighted by molar-refractivity contribution is 0.0677. The number of hydrogen-bond acceptors (Lipinski definition) is 4. The SMILES string of the molecule is O=C(c1cncs1)N1CCC[C@H](Cc2ccn[nH]2)C1. The van der Waals surface area contributed by atoms with Gasteiger partial charge in [-0.15, -0.1) is 11.3 Å². The van der Waals surface area contributed by atoms with Crippen molar-refractivity contribution in [3.05, 3.63) is 34.5 Å². The van der Waals surface area contributed by atoms with Crippen LogP contribution >= 0.6 is 11.3 Å². The fourth-order valence-electron chi connectivity index (χ4n) is 2.60. The number of aromatic nitrogens is 3. The maximum Gasteiger partial charge on any atom is 0.265 e. The van der Waals surface area contributed by atoms with Gasteiger partial charge in [0, 0.05) is 25.0 Å². The van der Waals surface area contributed by atoms with Gasteiger partial charge in [-0.25, -0.2) is 0 Å². The van der Waals surface area contributed by atoms with Crippen LogP contribution in [0.25, 0.3) is 0 Å². The molecule has 2 aromatic heterocycles. The summed E-state index contributed by atoms with van der Waals surface area (Å²) in [5.74, 6) is 0.642. The van der Waals surface area contributed by atoms with E-state index < -0.39 is 0 Å². The minimum atomic E-state index is 0.122. The summed E-state index contributed by atoms with van der Waals surface area (Å²) in [6.45, 7) is 1.69. The van der Waals surface area contributed by atoms with Crippen LogP contribution in [0.1, 0.15) is 28.2 Å². The molecule has 6 heteroatoms. The molecule has 5 nitrogen and oxygen atoms in total. The van der Waals surface area contributed by atoms with Crippen molar-refractivity contribution < 1.29 is 4.79 Å². The van der Waals surface area contributed by atoms with Crippen molar-refractivity contribution in [2.24, 2.45) is 5.92 Å². The fraction of sp³-hybridized carbons (Fsp3) is 0.462. The minimum Gasteiger partial charge on any atom is -0.338 e. The number of nitrogens with zero attached hydrogens (tertiary/aromatic N) is 3. The zero-order chi connectivity index (χ0) is 13.1. The third-order valence-electron chi connectivity index (χ3n) is 3.52. The standard InChI is InChI=1S/C13H16N4OS/c18-13(12-7-14-9-19-12)17-5-1-2-10(8-17)6-11-3-4-15-16-11/h3-4,7,9-10H,1-2,5-6,8H2,(H,15,16)/t10-/m1/s1. The molecule has 0 aromatic carbocycles. The molecule has 0 saturated carbocycles. The van der Waals surface area contributed by atoms with Crippen molar-refractivity contribution in [1.82, 2.24) is 20.1 Å². The van der Waals surface area contributed by atoms with Crippen molar-refractivity contribution in [2.75, 3.05) is 13.1 Å². The quantitative estimate of drug-likeness (QED) is 0.932. The molecule has 3 heterocycles. The molecule has 1 N–H and O–H groups in total. The lowest BCUT2D eigenvalue weighted by Gasteiger charge is -2.32. The van der Waals surface area contributed by atoms with E-state index in [0.717, 1.165) is 36.5 Å². The Labute approximate surface area is 115 Å². The smallest absolute Gasteiger partial charge is 0.265 e. The van der Waals surface area contributed by atoms with Gasteiger partial charge in [0.05, 0.1) is 11.7 Å². The van der Waals surface area contributed by atoms with Gasteiger partial charge in [-0.05, 0) is 31.2 Å². The molecule has 1 amide bonds. The summed E-state index contributed by atoms with van der Waals surface area (Å²) in [4.78, 5) is 19.0. The summed E-state index contributed by atoms with van der Waals surface area (Å²) in [6.07, 6.45) is 6.64. The number of carbonyl (C=O) groups excluding carboxylic acids is 1. The Hall–Kier alpha value is -1.69. The number of likely N-dealkylation sites (tertiary alicyclic amines) is 1. The van der Waals surface area contributed by atoms with Gasteiger partial charge in [-0.3, -0.25) is 14.9 Å². The number of thiazole rings is 1. The van der Waals surface area contributed by atoms with E-state index in [-0.39, 0.29) is 5.91 Å². The molecule has 3 rings (SSSR count). The first-order valence-corrected chi connectivity index (χ1v) is 7.37. The minimum absolute atomic E-state index is 0.122. The molecule has 0 unspecified atom stereocenters. The van der Waals surface area contributed by atoms with Gasteiger partial charge in [0.25, 0.3) is 5.91 Å². The molecule has 0 spiro atoms. The predicted octanol–water partition coefficient (Wildman–Crippen LogP) is 1.96. The highest BCUT2D eigenvalue weighted by atomic mass is 32.1. The summed E-state index contributed by atoms with van der Waals surface area (Å²) < 4.78 is 0. The van der Waals surface area contributed by atoms with Gasteiger partial charge < -0.3 is 4.90 Å². The van der Waals surface area contributed by atoms with Gasteiger partial charge in [0.1, 0.15) is 4.88 Å². The topological polar surface area (TPSA) is 61.9 Å². The highest BCUT2D eigenvalue weighted by molar-refractivity contribution is 7.11. The number of nitrogens with one attached hydrogen (secondary N) is 1. The van der Waals surface area contributed by atoms with Crippen LogP contribution in [-0.4, -0.2) is 39.1 Å². The van der Waals surface area contributed by atoms with Gasteiger partial charge in [0.15, 0.2) is 0 Å². The first-order valence-electron chi connectivity index (χ1n) is 6.49. The predicted molar refractivity (Wildman–Crippen MR) is 73.0 cm³/mol. The number of piperidine rings is 1. The lowest BCUT2D eigenvalue weighted by Crippen LogP contribution is -2.40. The Morgan fingerprint density at radius 2 is 2.53 bits per heavy atom. The molecule has 1 saturated heterocycles. The van der Waals surface area contributed by atoms with Gasteiger partial charge in [0.2, 0.25) is 0 Å². The highest BCUT2D eigenvalue weighted by Gasteiger charge is 2.25. The third-order valence-corrected chi connectivity index (χ3v) is 4.28. The van der Waals surface area contributed by atoms with E-state index in [2.05, 4.69) is 15.2 Å². The summed E-state index contributed by atoms with van der Waals surface area (Å²) >= 11 is 1.41. The normalized spacial score (nSPS) is 19.6. The van der Waals surface area contributed by atoms with Crippen LogP contribution in [0, 0.1) is 5.92 Å². The average Bonchev–Trinajstić information content (AvgIpc) is 3.11. The number of hydrogen-bond donors (Lipinski definition) is 1. The molecule has 19 heavy (non-hydrogen) atoms. The average molecular weight is 276 g/mol. The maximum atomic E-state index is 12.3. The third kappa shape index (κ3) is 2.84. The van der Waals surface area contributed by atoms with Crippen molar-refractivity contribution in [1.29, 1.82) is 0 Å². The van der Waals surface area contributed by atoms with E-state index >= 15 is 0 Å². The van der Waals surface area contributed by atoms with Crippen molar-refractivity contribution in [2.45, 2.75) is 19.3 Å². The molecule has 0 aliphatic carbocycles. The van der Waals surface area contributed by atoms with Crippen LogP contribution in [-0.2, 0) is 6.42 Å². The highest BCUT2D eigenvalue weighted by Crippen LogP contribution is 2.22. The summed E-state index contributed by atoms with van der Waals surface area (Å²) in [5, 5.41) is 6.96. The van der Waals surface area contributed by atoms with Gasteiger partial charge in [-0.2, -0.15) is 5.10 Å². The molecule has 1 aliphatic rings.